The van der Waals surface area contributed by atoms with Crippen molar-refractivity contribution in [3.05, 3.63) is 83.8 Å². The molecule has 0 bridgehead atoms. The number of ether oxygens (including phenoxy) is 1. The van der Waals surface area contributed by atoms with Crippen LogP contribution in [0.15, 0.2) is 72.5 Å². The van der Waals surface area contributed by atoms with Crippen LogP contribution in [-0.2, 0) is 6.61 Å². The molecule has 4 rings (SSSR count). The van der Waals surface area contributed by atoms with E-state index in [9.17, 15) is 0 Å². The monoisotopic (exact) mass is 446 g/mol. The summed E-state index contributed by atoms with van der Waals surface area (Å²) in [6, 6.07) is 16.0. The maximum absolute atomic E-state index is 6.10. The Morgan fingerprint density at radius 2 is 1.83 bits per heavy atom. The van der Waals surface area contributed by atoms with Gasteiger partial charge in [-0.25, -0.2) is 9.97 Å². The standard InChI is InChI=1S/C21H18N4OS.2ClH/c1-15-14-27-21(24-15)25-20-19(26-13-16-6-3-2-4-7-16)10-18(12-23-20)17-8-5-9-22-11-17;;/h2-12,14H,13H2,1H3,(H,23,24,25);2*1H. The first-order valence-corrected chi connectivity index (χ1v) is 9.42. The van der Waals surface area contributed by atoms with Crippen molar-refractivity contribution in [2.75, 3.05) is 5.32 Å². The number of nitrogens with one attached hydrogen (secondary N) is 1. The van der Waals surface area contributed by atoms with Gasteiger partial charge in [0.25, 0.3) is 0 Å². The number of halogens is 2. The van der Waals surface area contributed by atoms with Crippen molar-refractivity contribution in [3.8, 4) is 16.9 Å². The van der Waals surface area contributed by atoms with E-state index in [4.69, 9.17) is 4.74 Å². The van der Waals surface area contributed by atoms with Crippen molar-refractivity contribution < 1.29 is 4.74 Å². The first-order valence-electron chi connectivity index (χ1n) is 8.54. The molecule has 8 heteroatoms. The highest BCUT2D eigenvalue weighted by Gasteiger charge is 2.11. The van der Waals surface area contributed by atoms with E-state index < -0.39 is 0 Å². The molecule has 0 unspecified atom stereocenters. The molecule has 0 amide bonds. The third kappa shape index (κ3) is 5.90. The molecule has 1 N–H and O–H groups in total. The van der Waals surface area contributed by atoms with Gasteiger partial charge in [0.2, 0.25) is 0 Å². The Morgan fingerprint density at radius 1 is 1.00 bits per heavy atom. The number of anilines is 2. The molecular weight excluding hydrogens is 427 g/mol. The Kier molecular flexibility index (Phi) is 8.39. The van der Waals surface area contributed by atoms with E-state index in [-0.39, 0.29) is 24.8 Å². The average molecular weight is 447 g/mol. The van der Waals surface area contributed by atoms with Gasteiger partial charge in [-0.2, -0.15) is 0 Å². The molecule has 3 aromatic heterocycles. The summed E-state index contributed by atoms with van der Waals surface area (Å²) in [5.74, 6) is 1.32. The Hall–Kier alpha value is -2.67. The lowest BCUT2D eigenvalue weighted by Crippen LogP contribution is -2.01. The highest BCUT2D eigenvalue weighted by molar-refractivity contribution is 7.13. The van der Waals surface area contributed by atoms with Gasteiger partial charge in [-0.3, -0.25) is 4.98 Å². The quantitative estimate of drug-likeness (QED) is 0.389. The van der Waals surface area contributed by atoms with E-state index in [1.165, 1.54) is 0 Å². The molecule has 4 aromatic rings. The molecule has 0 radical (unpaired) electrons. The zero-order chi connectivity index (χ0) is 18.5. The maximum atomic E-state index is 6.10. The van der Waals surface area contributed by atoms with Crippen LogP contribution in [0.4, 0.5) is 10.9 Å². The number of aromatic nitrogens is 3. The van der Waals surface area contributed by atoms with Crippen LogP contribution in [0.2, 0.25) is 0 Å². The Morgan fingerprint density at radius 3 is 2.52 bits per heavy atom. The molecule has 150 valence electrons. The number of benzene rings is 1. The smallest absolute Gasteiger partial charge is 0.188 e. The second kappa shape index (κ2) is 10.8. The maximum Gasteiger partial charge on any atom is 0.188 e. The topological polar surface area (TPSA) is 59.9 Å². The van der Waals surface area contributed by atoms with Crippen molar-refractivity contribution in [1.29, 1.82) is 0 Å². The Bertz CT molecular complexity index is 1030. The summed E-state index contributed by atoms with van der Waals surface area (Å²) < 4.78 is 6.10. The van der Waals surface area contributed by atoms with Crippen LogP contribution in [-0.4, -0.2) is 15.0 Å². The number of hydrogen-bond acceptors (Lipinski definition) is 6. The fraction of sp³-hybridized carbons (Fsp3) is 0.0952. The zero-order valence-electron chi connectivity index (χ0n) is 15.6. The van der Waals surface area contributed by atoms with Crippen LogP contribution in [0, 0.1) is 6.92 Å². The third-order valence-electron chi connectivity index (χ3n) is 3.93. The summed E-state index contributed by atoms with van der Waals surface area (Å²) in [6.45, 7) is 2.43. The van der Waals surface area contributed by atoms with E-state index in [0.717, 1.165) is 27.5 Å². The molecule has 0 saturated carbocycles. The van der Waals surface area contributed by atoms with Crippen molar-refractivity contribution >= 4 is 47.1 Å². The lowest BCUT2D eigenvalue weighted by Gasteiger charge is -2.13. The number of rotatable bonds is 6. The van der Waals surface area contributed by atoms with Crippen LogP contribution >= 0.6 is 36.2 Å². The van der Waals surface area contributed by atoms with Crippen LogP contribution < -0.4 is 10.1 Å². The molecule has 0 aliphatic rings. The molecule has 0 aliphatic carbocycles. The molecule has 0 fully saturated rings. The van der Waals surface area contributed by atoms with Crippen LogP contribution in [0.3, 0.4) is 0 Å². The Labute approximate surface area is 186 Å². The lowest BCUT2D eigenvalue weighted by atomic mass is 10.1. The minimum atomic E-state index is 0. The second-order valence-corrected chi connectivity index (χ2v) is 6.86. The third-order valence-corrected chi connectivity index (χ3v) is 4.80. The van der Waals surface area contributed by atoms with E-state index in [1.807, 2.05) is 73.2 Å². The summed E-state index contributed by atoms with van der Waals surface area (Å²) in [4.78, 5) is 13.2. The fourth-order valence-corrected chi connectivity index (χ4v) is 3.28. The van der Waals surface area contributed by atoms with Crippen molar-refractivity contribution in [3.63, 3.8) is 0 Å². The molecule has 1 aromatic carbocycles. The summed E-state index contributed by atoms with van der Waals surface area (Å²) in [5.41, 5.74) is 4.01. The van der Waals surface area contributed by atoms with Crippen LogP contribution in [0.1, 0.15) is 11.3 Å². The summed E-state index contributed by atoms with van der Waals surface area (Å²) in [6.07, 6.45) is 5.38. The van der Waals surface area contributed by atoms with Gasteiger partial charge >= 0.3 is 0 Å². The largest absolute Gasteiger partial charge is 0.485 e. The number of hydrogen-bond donors (Lipinski definition) is 1. The van der Waals surface area contributed by atoms with Gasteiger partial charge in [0.15, 0.2) is 16.7 Å². The van der Waals surface area contributed by atoms with Gasteiger partial charge in [-0.1, -0.05) is 36.4 Å². The first-order chi connectivity index (χ1) is 13.3. The molecule has 0 spiro atoms. The van der Waals surface area contributed by atoms with Crippen molar-refractivity contribution in [2.45, 2.75) is 13.5 Å². The predicted molar refractivity (Wildman–Crippen MR) is 123 cm³/mol. The minimum Gasteiger partial charge on any atom is -0.485 e. The molecule has 29 heavy (non-hydrogen) atoms. The second-order valence-electron chi connectivity index (χ2n) is 6.01. The summed E-state index contributed by atoms with van der Waals surface area (Å²) in [7, 11) is 0. The molecule has 0 saturated heterocycles. The fourth-order valence-electron chi connectivity index (χ4n) is 2.59. The molecular formula is C21H20Cl2N4OS. The average Bonchev–Trinajstić information content (AvgIpc) is 3.13. The van der Waals surface area contributed by atoms with Crippen molar-refractivity contribution in [1.82, 2.24) is 15.0 Å². The highest BCUT2D eigenvalue weighted by Crippen LogP contribution is 2.32. The molecule has 0 aliphatic heterocycles. The SMILES string of the molecule is Cc1csc(Nc2ncc(-c3cccnc3)cc2OCc2ccccc2)n1.Cl.Cl. The van der Waals surface area contributed by atoms with E-state index in [0.29, 0.717) is 18.2 Å². The molecule has 5 nitrogen and oxygen atoms in total. The van der Waals surface area contributed by atoms with Gasteiger partial charge in [-0.15, -0.1) is 36.2 Å². The number of aryl methyl sites for hydroxylation is 1. The zero-order valence-corrected chi connectivity index (χ0v) is 18.1. The minimum absolute atomic E-state index is 0. The van der Waals surface area contributed by atoms with Gasteiger partial charge in [0, 0.05) is 35.1 Å². The normalized spacial score (nSPS) is 9.83. The van der Waals surface area contributed by atoms with Gasteiger partial charge in [0.05, 0.1) is 5.69 Å². The number of pyridine rings is 2. The lowest BCUT2D eigenvalue weighted by molar-refractivity contribution is 0.307. The van der Waals surface area contributed by atoms with Gasteiger partial charge < -0.3 is 10.1 Å². The number of thiazole rings is 1. The predicted octanol–water partition coefficient (Wildman–Crippen LogP) is 6.07. The highest BCUT2D eigenvalue weighted by atomic mass is 35.5. The number of nitrogens with zero attached hydrogens (tertiary/aromatic N) is 3. The summed E-state index contributed by atoms with van der Waals surface area (Å²) >= 11 is 1.54. The van der Waals surface area contributed by atoms with E-state index in [1.54, 1.807) is 17.5 Å². The van der Waals surface area contributed by atoms with Gasteiger partial charge in [0.1, 0.15) is 6.61 Å². The van der Waals surface area contributed by atoms with Crippen molar-refractivity contribution in [2.24, 2.45) is 0 Å². The first kappa shape index (κ1) is 22.6. The van der Waals surface area contributed by atoms with Crippen LogP contribution in [0.25, 0.3) is 11.1 Å². The van der Waals surface area contributed by atoms with E-state index >= 15 is 0 Å². The van der Waals surface area contributed by atoms with E-state index in [2.05, 4.69) is 20.3 Å². The van der Waals surface area contributed by atoms with Crippen LogP contribution in [0.5, 0.6) is 5.75 Å². The Balaban J connectivity index is 0.00000150. The molecule has 3 heterocycles. The summed E-state index contributed by atoms with van der Waals surface area (Å²) in [5, 5.41) is 6.05. The molecule has 0 atom stereocenters. The van der Waals surface area contributed by atoms with Gasteiger partial charge in [-0.05, 0) is 24.6 Å².